The van der Waals surface area contributed by atoms with Crippen LogP contribution in [0.15, 0.2) is 28.7 Å². The van der Waals surface area contributed by atoms with Crippen LogP contribution in [-0.4, -0.2) is 18.8 Å². The van der Waals surface area contributed by atoms with Gasteiger partial charge in [0.2, 0.25) is 0 Å². The Morgan fingerprint density at radius 1 is 1.38 bits per heavy atom. The van der Waals surface area contributed by atoms with Crippen molar-refractivity contribution in [3.05, 3.63) is 35.6 Å². The molecule has 0 amide bonds. The Morgan fingerprint density at radius 2 is 2.12 bits per heavy atom. The largest absolute Gasteiger partial charge is 0.458 e. The first kappa shape index (κ1) is 11.2. The van der Waals surface area contributed by atoms with Crippen LogP contribution in [0.3, 0.4) is 0 Å². The first-order chi connectivity index (χ1) is 7.53. The molecular formula is C13H16O3. The molecule has 2 aromatic rings. The molecule has 3 heteroatoms. The van der Waals surface area contributed by atoms with Crippen molar-refractivity contribution in [3.63, 3.8) is 0 Å². The highest BCUT2D eigenvalue weighted by Crippen LogP contribution is 2.28. The number of aliphatic hydroxyl groups is 1. The van der Waals surface area contributed by atoms with Crippen molar-refractivity contribution < 1.29 is 14.3 Å². The Bertz CT molecular complexity index is 497. The van der Waals surface area contributed by atoms with Gasteiger partial charge >= 0.3 is 0 Å². The van der Waals surface area contributed by atoms with Crippen LogP contribution in [-0.2, 0) is 10.3 Å². The third-order valence-corrected chi connectivity index (χ3v) is 2.63. The first-order valence-electron chi connectivity index (χ1n) is 5.25. The van der Waals surface area contributed by atoms with E-state index in [2.05, 4.69) is 0 Å². The van der Waals surface area contributed by atoms with Crippen LogP contribution in [0.1, 0.15) is 18.2 Å². The van der Waals surface area contributed by atoms with Crippen molar-refractivity contribution >= 4 is 11.0 Å². The van der Waals surface area contributed by atoms with E-state index in [9.17, 15) is 5.11 Å². The lowest BCUT2D eigenvalue weighted by molar-refractivity contribution is -0.0349. The lowest BCUT2D eigenvalue weighted by atomic mass is 10.0. The molecule has 1 unspecified atom stereocenters. The predicted molar refractivity (Wildman–Crippen MR) is 62.4 cm³/mol. The van der Waals surface area contributed by atoms with Crippen molar-refractivity contribution in [1.82, 2.24) is 0 Å². The SMILES string of the molecule is COCC(C)(O)c1cc2cc(C)ccc2o1. The van der Waals surface area contributed by atoms with Gasteiger partial charge in [-0.2, -0.15) is 0 Å². The quantitative estimate of drug-likeness (QED) is 0.864. The Balaban J connectivity index is 2.46. The highest BCUT2D eigenvalue weighted by atomic mass is 16.5. The van der Waals surface area contributed by atoms with Crippen LogP contribution in [0.25, 0.3) is 11.0 Å². The third-order valence-electron chi connectivity index (χ3n) is 2.63. The van der Waals surface area contributed by atoms with Gasteiger partial charge in [-0.3, -0.25) is 0 Å². The van der Waals surface area contributed by atoms with E-state index in [1.54, 1.807) is 14.0 Å². The first-order valence-corrected chi connectivity index (χ1v) is 5.25. The van der Waals surface area contributed by atoms with Gasteiger partial charge in [0.15, 0.2) is 0 Å². The monoisotopic (exact) mass is 220 g/mol. The molecule has 0 fully saturated rings. The summed E-state index contributed by atoms with van der Waals surface area (Å²) in [5.74, 6) is 0.537. The topological polar surface area (TPSA) is 42.6 Å². The van der Waals surface area contributed by atoms with Crippen molar-refractivity contribution in [1.29, 1.82) is 0 Å². The molecule has 1 aromatic carbocycles. The van der Waals surface area contributed by atoms with Crippen molar-refractivity contribution in [2.24, 2.45) is 0 Å². The molecule has 0 aliphatic carbocycles. The number of hydrogen-bond donors (Lipinski definition) is 1. The molecule has 86 valence electrons. The van der Waals surface area contributed by atoms with Crippen molar-refractivity contribution in [3.8, 4) is 0 Å². The van der Waals surface area contributed by atoms with E-state index in [1.807, 2.05) is 31.2 Å². The van der Waals surface area contributed by atoms with E-state index in [0.29, 0.717) is 5.76 Å². The van der Waals surface area contributed by atoms with Gasteiger partial charge in [0.1, 0.15) is 16.9 Å². The van der Waals surface area contributed by atoms with Crippen molar-refractivity contribution in [2.45, 2.75) is 19.4 Å². The van der Waals surface area contributed by atoms with E-state index in [-0.39, 0.29) is 6.61 Å². The van der Waals surface area contributed by atoms with Gasteiger partial charge in [0.25, 0.3) is 0 Å². The molecule has 1 aromatic heterocycles. The maximum atomic E-state index is 10.1. The lowest BCUT2D eigenvalue weighted by Gasteiger charge is -2.18. The molecule has 1 heterocycles. The normalized spacial score (nSPS) is 15.2. The van der Waals surface area contributed by atoms with Gasteiger partial charge in [0.05, 0.1) is 6.61 Å². The summed E-state index contributed by atoms with van der Waals surface area (Å²) in [6.07, 6.45) is 0. The predicted octanol–water partition coefficient (Wildman–Crippen LogP) is 2.60. The summed E-state index contributed by atoms with van der Waals surface area (Å²) in [6.45, 7) is 3.92. The average Bonchev–Trinajstić information content (AvgIpc) is 2.61. The lowest BCUT2D eigenvalue weighted by Crippen LogP contribution is -2.26. The molecular weight excluding hydrogens is 204 g/mol. The van der Waals surface area contributed by atoms with Gasteiger partial charge < -0.3 is 14.3 Å². The fourth-order valence-electron chi connectivity index (χ4n) is 1.78. The minimum absolute atomic E-state index is 0.214. The molecule has 0 aliphatic heterocycles. The number of hydrogen-bond acceptors (Lipinski definition) is 3. The Morgan fingerprint density at radius 3 is 2.81 bits per heavy atom. The number of fused-ring (bicyclic) bond motifs is 1. The summed E-state index contributed by atoms with van der Waals surface area (Å²) in [7, 11) is 1.56. The molecule has 16 heavy (non-hydrogen) atoms. The van der Waals surface area contributed by atoms with E-state index in [0.717, 1.165) is 11.0 Å². The highest BCUT2D eigenvalue weighted by molar-refractivity contribution is 5.78. The molecule has 0 spiro atoms. The van der Waals surface area contributed by atoms with Crippen LogP contribution in [0.5, 0.6) is 0 Å². The minimum atomic E-state index is -1.08. The van der Waals surface area contributed by atoms with E-state index >= 15 is 0 Å². The minimum Gasteiger partial charge on any atom is -0.458 e. The third kappa shape index (κ3) is 1.96. The molecule has 0 aliphatic rings. The standard InChI is InChI=1S/C13H16O3/c1-9-4-5-11-10(6-9)7-12(16-11)13(2,14)8-15-3/h4-7,14H,8H2,1-3H3. The second kappa shape index (κ2) is 3.92. The summed E-state index contributed by atoms with van der Waals surface area (Å²) < 4.78 is 10.6. The van der Waals surface area contributed by atoms with Crippen LogP contribution in [0, 0.1) is 6.92 Å². The van der Waals surface area contributed by atoms with Gasteiger partial charge in [-0.25, -0.2) is 0 Å². The van der Waals surface area contributed by atoms with Gasteiger partial charge in [-0.15, -0.1) is 0 Å². The molecule has 0 saturated heterocycles. The van der Waals surface area contributed by atoms with Gasteiger partial charge in [0, 0.05) is 12.5 Å². The average molecular weight is 220 g/mol. The summed E-state index contributed by atoms with van der Waals surface area (Å²) in [6, 6.07) is 7.80. The van der Waals surface area contributed by atoms with Crippen LogP contribution < -0.4 is 0 Å². The maximum Gasteiger partial charge on any atom is 0.142 e. The number of furan rings is 1. The van der Waals surface area contributed by atoms with Gasteiger partial charge in [-0.05, 0) is 32.0 Å². The highest BCUT2D eigenvalue weighted by Gasteiger charge is 2.27. The molecule has 0 radical (unpaired) electrons. The number of aryl methyl sites for hydroxylation is 1. The summed E-state index contributed by atoms with van der Waals surface area (Å²) in [5, 5.41) is 11.1. The molecule has 2 rings (SSSR count). The number of benzene rings is 1. The second-order valence-electron chi connectivity index (χ2n) is 4.36. The maximum absolute atomic E-state index is 10.1. The number of rotatable bonds is 3. The summed E-state index contributed by atoms with van der Waals surface area (Å²) >= 11 is 0. The molecule has 3 nitrogen and oxygen atoms in total. The molecule has 1 atom stereocenters. The van der Waals surface area contributed by atoms with Crippen molar-refractivity contribution in [2.75, 3.05) is 13.7 Å². The molecule has 1 N–H and O–H groups in total. The zero-order valence-corrected chi connectivity index (χ0v) is 9.78. The van der Waals surface area contributed by atoms with Crippen LogP contribution in [0.4, 0.5) is 0 Å². The molecule has 0 bridgehead atoms. The fourth-order valence-corrected chi connectivity index (χ4v) is 1.78. The smallest absolute Gasteiger partial charge is 0.142 e. The second-order valence-corrected chi connectivity index (χ2v) is 4.36. The Labute approximate surface area is 94.6 Å². The zero-order valence-electron chi connectivity index (χ0n) is 9.78. The summed E-state index contributed by atoms with van der Waals surface area (Å²) in [4.78, 5) is 0. The van der Waals surface area contributed by atoms with Crippen LogP contribution in [0.2, 0.25) is 0 Å². The number of methoxy groups -OCH3 is 1. The van der Waals surface area contributed by atoms with E-state index in [1.165, 1.54) is 5.56 Å². The summed E-state index contributed by atoms with van der Waals surface area (Å²) in [5.41, 5.74) is 0.880. The van der Waals surface area contributed by atoms with E-state index in [4.69, 9.17) is 9.15 Å². The fraction of sp³-hybridized carbons (Fsp3) is 0.385. The van der Waals surface area contributed by atoms with Crippen LogP contribution >= 0.6 is 0 Å². The Hall–Kier alpha value is -1.32. The Kier molecular flexibility index (Phi) is 2.74. The molecule has 0 saturated carbocycles. The van der Waals surface area contributed by atoms with E-state index < -0.39 is 5.60 Å². The zero-order chi connectivity index (χ0) is 11.8. The van der Waals surface area contributed by atoms with Gasteiger partial charge in [-0.1, -0.05) is 11.6 Å². The number of ether oxygens (including phenoxy) is 1.